The Hall–Kier alpha value is -1.63. The van der Waals surface area contributed by atoms with Crippen molar-refractivity contribution in [1.82, 2.24) is 10.2 Å². The van der Waals surface area contributed by atoms with E-state index in [4.69, 9.17) is 10.8 Å². The Balaban J connectivity index is 1.79. The van der Waals surface area contributed by atoms with Crippen LogP contribution in [0.2, 0.25) is 0 Å². The van der Waals surface area contributed by atoms with E-state index in [0.717, 1.165) is 32.4 Å². The van der Waals surface area contributed by atoms with E-state index in [1.807, 2.05) is 4.90 Å². The average Bonchev–Trinajstić information content (AvgIpc) is 2.90. The zero-order valence-electron chi connectivity index (χ0n) is 12.1. The number of carboxylic acid groups (broad SMARTS) is 1. The van der Waals surface area contributed by atoms with Crippen LogP contribution in [0.15, 0.2) is 0 Å². The summed E-state index contributed by atoms with van der Waals surface area (Å²) in [4.78, 5) is 36.2. The third-order valence-corrected chi connectivity index (χ3v) is 4.48. The number of nitrogens with zero attached hydrogens (tertiary/aromatic N) is 1. The molecule has 2 amide bonds. The first-order valence-corrected chi connectivity index (χ1v) is 7.51. The molecule has 118 valence electrons. The van der Waals surface area contributed by atoms with Gasteiger partial charge in [0.15, 0.2) is 0 Å². The number of carboxylic acids is 1. The van der Waals surface area contributed by atoms with Gasteiger partial charge in [0.05, 0.1) is 18.4 Å². The Kier molecular flexibility index (Phi) is 5.17. The maximum Gasteiger partial charge on any atom is 0.307 e. The number of likely N-dealkylation sites (tertiary alicyclic amines) is 1. The van der Waals surface area contributed by atoms with Crippen molar-refractivity contribution < 1.29 is 19.5 Å². The average molecular weight is 297 g/mol. The van der Waals surface area contributed by atoms with Crippen molar-refractivity contribution in [1.29, 1.82) is 0 Å². The molecular formula is C14H23N3O4. The molecule has 0 aromatic carbocycles. The predicted molar refractivity (Wildman–Crippen MR) is 75.3 cm³/mol. The highest BCUT2D eigenvalue weighted by Crippen LogP contribution is 2.32. The SMILES string of the molecule is NC(=O)CN1CCC(NC(=O)[C@@H]2CCC[C@@H]2C(=O)O)CC1. The molecular weight excluding hydrogens is 274 g/mol. The molecule has 0 aromatic rings. The van der Waals surface area contributed by atoms with Crippen LogP contribution in [-0.4, -0.2) is 53.5 Å². The molecule has 21 heavy (non-hydrogen) atoms. The lowest BCUT2D eigenvalue weighted by Crippen LogP contribution is -2.48. The van der Waals surface area contributed by atoms with Crippen LogP contribution < -0.4 is 11.1 Å². The highest BCUT2D eigenvalue weighted by Gasteiger charge is 2.38. The molecule has 0 radical (unpaired) electrons. The first-order valence-electron chi connectivity index (χ1n) is 7.51. The standard InChI is InChI=1S/C14H23N3O4/c15-12(18)8-17-6-4-9(5-7-17)16-13(19)10-2-1-3-11(10)14(20)21/h9-11H,1-8H2,(H2,15,18)(H,16,19)(H,20,21)/t10-,11+/m1/s1. The number of amides is 2. The molecule has 7 heteroatoms. The van der Waals surface area contributed by atoms with E-state index >= 15 is 0 Å². The smallest absolute Gasteiger partial charge is 0.307 e. The number of hydrogen-bond donors (Lipinski definition) is 3. The Morgan fingerprint density at radius 2 is 1.71 bits per heavy atom. The fraction of sp³-hybridized carbons (Fsp3) is 0.786. The second-order valence-electron chi connectivity index (χ2n) is 6.01. The number of carbonyl (C=O) groups excluding carboxylic acids is 2. The number of rotatable bonds is 5. The minimum Gasteiger partial charge on any atom is -0.481 e. The molecule has 4 N–H and O–H groups in total. The number of nitrogens with two attached hydrogens (primary N) is 1. The van der Waals surface area contributed by atoms with Gasteiger partial charge < -0.3 is 16.2 Å². The zero-order valence-corrected chi connectivity index (χ0v) is 12.1. The Morgan fingerprint density at radius 1 is 1.10 bits per heavy atom. The van der Waals surface area contributed by atoms with Crippen LogP contribution in [0.1, 0.15) is 32.1 Å². The number of aliphatic carboxylic acids is 1. The summed E-state index contributed by atoms with van der Waals surface area (Å²) in [5.41, 5.74) is 5.16. The van der Waals surface area contributed by atoms with Crippen molar-refractivity contribution in [3.8, 4) is 0 Å². The second kappa shape index (κ2) is 6.89. The summed E-state index contributed by atoms with van der Waals surface area (Å²) in [6.45, 7) is 1.70. The van der Waals surface area contributed by atoms with Gasteiger partial charge in [0, 0.05) is 19.1 Å². The van der Waals surface area contributed by atoms with Crippen molar-refractivity contribution >= 4 is 17.8 Å². The molecule has 0 unspecified atom stereocenters. The van der Waals surface area contributed by atoms with Crippen LogP contribution in [0, 0.1) is 11.8 Å². The van der Waals surface area contributed by atoms with Gasteiger partial charge in [0.25, 0.3) is 0 Å². The van der Waals surface area contributed by atoms with E-state index in [1.54, 1.807) is 0 Å². The summed E-state index contributed by atoms with van der Waals surface area (Å²) in [6.07, 6.45) is 3.58. The predicted octanol–water partition coefficient (Wildman–Crippen LogP) is -0.447. The Labute approximate surface area is 123 Å². The fourth-order valence-electron chi connectivity index (χ4n) is 3.33. The summed E-state index contributed by atoms with van der Waals surface area (Å²) >= 11 is 0. The maximum absolute atomic E-state index is 12.2. The third kappa shape index (κ3) is 4.17. The molecule has 1 aliphatic heterocycles. The van der Waals surface area contributed by atoms with E-state index in [2.05, 4.69) is 5.32 Å². The van der Waals surface area contributed by atoms with Gasteiger partial charge in [0.2, 0.25) is 11.8 Å². The number of carbonyl (C=O) groups is 3. The number of nitrogens with one attached hydrogen (secondary N) is 1. The summed E-state index contributed by atoms with van der Waals surface area (Å²) in [5, 5.41) is 12.1. The molecule has 2 aliphatic rings. The van der Waals surface area contributed by atoms with Crippen molar-refractivity contribution in [2.75, 3.05) is 19.6 Å². The van der Waals surface area contributed by atoms with Crippen LogP contribution in [0.4, 0.5) is 0 Å². The van der Waals surface area contributed by atoms with E-state index in [0.29, 0.717) is 12.8 Å². The summed E-state index contributed by atoms with van der Waals surface area (Å²) in [5.74, 6) is -2.28. The van der Waals surface area contributed by atoms with Gasteiger partial charge in [-0.3, -0.25) is 19.3 Å². The van der Waals surface area contributed by atoms with Crippen LogP contribution in [0.25, 0.3) is 0 Å². The summed E-state index contributed by atoms with van der Waals surface area (Å²) < 4.78 is 0. The lowest BCUT2D eigenvalue weighted by atomic mass is 9.94. The maximum atomic E-state index is 12.2. The van der Waals surface area contributed by atoms with Gasteiger partial charge in [-0.05, 0) is 25.7 Å². The van der Waals surface area contributed by atoms with Crippen LogP contribution >= 0.6 is 0 Å². The van der Waals surface area contributed by atoms with Gasteiger partial charge in [-0.25, -0.2) is 0 Å². The molecule has 0 spiro atoms. The monoisotopic (exact) mass is 297 g/mol. The summed E-state index contributed by atoms with van der Waals surface area (Å²) in [7, 11) is 0. The van der Waals surface area contributed by atoms with Gasteiger partial charge in [-0.2, -0.15) is 0 Å². The highest BCUT2D eigenvalue weighted by atomic mass is 16.4. The first kappa shape index (κ1) is 15.8. The van der Waals surface area contributed by atoms with Gasteiger partial charge in [0.1, 0.15) is 0 Å². The van der Waals surface area contributed by atoms with Gasteiger partial charge in [-0.1, -0.05) is 6.42 Å². The molecule has 2 rings (SSSR count). The van der Waals surface area contributed by atoms with Crippen molar-refractivity contribution in [3.63, 3.8) is 0 Å². The third-order valence-electron chi connectivity index (χ3n) is 4.48. The quantitative estimate of drug-likeness (QED) is 0.636. The van der Waals surface area contributed by atoms with Crippen molar-refractivity contribution in [2.24, 2.45) is 17.6 Å². The second-order valence-corrected chi connectivity index (χ2v) is 6.01. The first-order chi connectivity index (χ1) is 9.97. The molecule has 2 atom stereocenters. The number of piperidine rings is 1. The van der Waals surface area contributed by atoms with E-state index < -0.39 is 17.8 Å². The molecule has 7 nitrogen and oxygen atoms in total. The van der Waals surface area contributed by atoms with Gasteiger partial charge >= 0.3 is 5.97 Å². The molecule has 0 bridgehead atoms. The molecule has 1 heterocycles. The Morgan fingerprint density at radius 3 is 2.29 bits per heavy atom. The lowest BCUT2D eigenvalue weighted by Gasteiger charge is -2.32. The van der Waals surface area contributed by atoms with Crippen molar-refractivity contribution in [2.45, 2.75) is 38.1 Å². The van der Waals surface area contributed by atoms with E-state index in [1.165, 1.54) is 0 Å². The van der Waals surface area contributed by atoms with Crippen molar-refractivity contribution in [3.05, 3.63) is 0 Å². The lowest BCUT2D eigenvalue weighted by molar-refractivity contribution is -0.146. The normalized spacial score (nSPS) is 27.4. The number of primary amides is 1. The molecule has 2 fully saturated rings. The highest BCUT2D eigenvalue weighted by molar-refractivity contribution is 5.85. The van der Waals surface area contributed by atoms with Crippen LogP contribution in [0.3, 0.4) is 0 Å². The Bertz CT molecular complexity index is 418. The largest absolute Gasteiger partial charge is 0.481 e. The molecule has 1 saturated heterocycles. The molecule has 1 aliphatic carbocycles. The molecule has 1 saturated carbocycles. The molecule has 0 aromatic heterocycles. The zero-order chi connectivity index (χ0) is 15.4. The fourth-order valence-corrected chi connectivity index (χ4v) is 3.33. The number of hydrogen-bond acceptors (Lipinski definition) is 4. The topological polar surface area (TPSA) is 113 Å². The van der Waals surface area contributed by atoms with E-state index in [9.17, 15) is 14.4 Å². The van der Waals surface area contributed by atoms with Crippen LogP contribution in [-0.2, 0) is 14.4 Å². The minimum absolute atomic E-state index is 0.0664. The van der Waals surface area contributed by atoms with Crippen LogP contribution in [0.5, 0.6) is 0 Å². The van der Waals surface area contributed by atoms with Gasteiger partial charge in [-0.15, -0.1) is 0 Å². The van der Waals surface area contributed by atoms with E-state index in [-0.39, 0.29) is 24.4 Å². The minimum atomic E-state index is -0.871. The summed E-state index contributed by atoms with van der Waals surface area (Å²) in [6, 6.07) is 0.0664.